The molecule has 1 N–H and O–H groups in total. The van der Waals surface area contributed by atoms with E-state index in [1.165, 1.54) is 0 Å². The molecule has 0 aromatic heterocycles. The van der Waals surface area contributed by atoms with Crippen molar-refractivity contribution in [1.82, 2.24) is 4.90 Å². The van der Waals surface area contributed by atoms with Gasteiger partial charge in [0, 0.05) is 32.3 Å². The van der Waals surface area contributed by atoms with Crippen molar-refractivity contribution in [3.8, 4) is 0 Å². The van der Waals surface area contributed by atoms with Crippen LogP contribution in [-0.2, 0) is 9.47 Å². The van der Waals surface area contributed by atoms with E-state index < -0.39 is 0 Å². The Balaban J connectivity index is 2.29. The molecule has 0 bridgehead atoms. The van der Waals surface area contributed by atoms with Gasteiger partial charge >= 0.3 is 0 Å². The van der Waals surface area contributed by atoms with Gasteiger partial charge in [-0.3, -0.25) is 4.90 Å². The van der Waals surface area contributed by atoms with Crippen molar-refractivity contribution in [2.45, 2.75) is 45.3 Å². The summed E-state index contributed by atoms with van der Waals surface area (Å²) in [5.74, 6) is 0. The number of aliphatic hydroxyl groups is 1. The molecule has 0 amide bonds. The average Bonchev–Trinajstić information content (AvgIpc) is 2.74. The van der Waals surface area contributed by atoms with Gasteiger partial charge in [0.05, 0.1) is 19.3 Å². The van der Waals surface area contributed by atoms with Crippen molar-refractivity contribution in [3.05, 3.63) is 0 Å². The highest BCUT2D eigenvalue weighted by Gasteiger charge is 2.27. The zero-order valence-electron chi connectivity index (χ0n) is 11.2. The maximum absolute atomic E-state index is 9.60. The summed E-state index contributed by atoms with van der Waals surface area (Å²) in [6.45, 7) is 9.01. The number of hydrogen-bond donors (Lipinski definition) is 1. The summed E-state index contributed by atoms with van der Waals surface area (Å²) in [4.78, 5) is 2.40. The lowest BCUT2D eigenvalue weighted by Crippen LogP contribution is -2.39. The molecule has 102 valence electrons. The number of hydrogen-bond acceptors (Lipinski definition) is 4. The average molecular weight is 245 g/mol. The first-order valence-corrected chi connectivity index (χ1v) is 6.85. The van der Waals surface area contributed by atoms with E-state index in [1.54, 1.807) is 0 Å². The predicted octanol–water partition coefficient (Wildman–Crippen LogP) is 1.27. The molecule has 0 spiro atoms. The first-order valence-electron chi connectivity index (χ1n) is 6.85. The van der Waals surface area contributed by atoms with Gasteiger partial charge in [-0.15, -0.1) is 0 Å². The highest BCUT2D eigenvalue weighted by Crippen LogP contribution is 2.23. The van der Waals surface area contributed by atoms with E-state index in [0.29, 0.717) is 6.04 Å². The zero-order valence-corrected chi connectivity index (χ0v) is 11.2. The molecule has 2 atom stereocenters. The summed E-state index contributed by atoms with van der Waals surface area (Å²) in [5, 5.41) is 9.60. The van der Waals surface area contributed by atoms with Gasteiger partial charge in [-0.05, 0) is 33.1 Å². The van der Waals surface area contributed by atoms with Crippen LogP contribution in [-0.4, -0.2) is 61.7 Å². The van der Waals surface area contributed by atoms with Gasteiger partial charge in [0.2, 0.25) is 0 Å². The Morgan fingerprint density at radius 1 is 1.06 bits per heavy atom. The molecule has 0 radical (unpaired) electrons. The standard InChI is InChI=1S/C13H27NO3/c1-3-16-9-7-14(8-10-17-4-2)12-5-6-13(15)11-12/h12-13,15H,3-11H2,1-2H3. The lowest BCUT2D eigenvalue weighted by Gasteiger charge is -2.28. The third-order valence-electron chi connectivity index (χ3n) is 3.35. The smallest absolute Gasteiger partial charge is 0.0593 e. The quantitative estimate of drug-likeness (QED) is 0.621. The number of aliphatic hydroxyl groups excluding tert-OH is 1. The molecule has 0 heterocycles. The Morgan fingerprint density at radius 2 is 1.65 bits per heavy atom. The maximum Gasteiger partial charge on any atom is 0.0593 e. The molecule has 2 unspecified atom stereocenters. The summed E-state index contributed by atoms with van der Waals surface area (Å²) >= 11 is 0. The predicted molar refractivity (Wildman–Crippen MR) is 68.2 cm³/mol. The van der Waals surface area contributed by atoms with Crippen molar-refractivity contribution in [2.75, 3.05) is 39.5 Å². The Bertz CT molecular complexity index is 180. The van der Waals surface area contributed by atoms with Crippen molar-refractivity contribution < 1.29 is 14.6 Å². The SMILES string of the molecule is CCOCCN(CCOCC)C1CCC(O)C1. The molecular formula is C13H27NO3. The third-order valence-corrected chi connectivity index (χ3v) is 3.35. The van der Waals surface area contributed by atoms with Gasteiger partial charge in [0.15, 0.2) is 0 Å². The van der Waals surface area contributed by atoms with Crippen molar-refractivity contribution in [3.63, 3.8) is 0 Å². The molecule has 4 heteroatoms. The van der Waals surface area contributed by atoms with Gasteiger partial charge in [-0.25, -0.2) is 0 Å². The Hall–Kier alpha value is -0.160. The van der Waals surface area contributed by atoms with Crippen LogP contribution in [0.1, 0.15) is 33.1 Å². The highest BCUT2D eigenvalue weighted by atomic mass is 16.5. The van der Waals surface area contributed by atoms with Crippen molar-refractivity contribution in [1.29, 1.82) is 0 Å². The van der Waals surface area contributed by atoms with Crippen LogP contribution in [0.25, 0.3) is 0 Å². The van der Waals surface area contributed by atoms with E-state index in [2.05, 4.69) is 4.90 Å². The van der Waals surface area contributed by atoms with Gasteiger partial charge in [-0.2, -0.15) is 0 Å². The van der Waals surface area contributed by atoms with Crippen LogP contribution in [0.4, 0.5) is 0 Å². The Kier molecular flexibility index (Phi) is 7.77. The van der Waals surface area contributed by atoms with Crippen molar-refractivity contribution >= 4 is 0 Å². The minimum atomic E-state index is -0.110. The van der Waals surface area contributed by atoms with Gasteiger partial charge in [-0.1, -0.05) is 0 Å². The largest absolute Gasteiger partial charge is 0.393 e. The van der Waals surface area contributed by atoms with E-state index in [0.717, 1.165) is 58.8 Å². The Morgan fingerprint density at radius 3 is 2.06 bits per heavy atom. The summed E-state index contributed by atoms with van der Waals surface area (Å²) in [7, 11) is 0. The molecule has 1 rings (SSSR count). The fourth-order valence-electron chi connectivity index (χ4n) is 2.40. The second kappa shape index (κ2) is 8.86. The van der Waals surface area contributed by atoms with Crippen LogP contribution in [0, 0.1) is 0 Å². The second-order valence-electron chi connectivity index (χ2n) is 4.55. The molecule has 4 nitrogen and oxygen atoms in total. The van der Waals surface area contributed by atoms with Crippen LogP contribution in [0.15, 0.2) is 0 Å². The van der Waals surface area contributed by atoms with Gasteiger partial charge in [0.1, 0.15) is 0 Å². The molecule has 1 saturated carbocycles. The fraction of sp³-hybridized carbons (Fsp3) is 1.00. The molecule has 0 aliphatic heterocycles. The third kappa shape index (κ3) is 5.82. The van der Waals surface area contributed by atoms with E-state index in [9.17, 15) is 5.11 Å². The minimum Gasteiger partial charge on any atom is -0.393 e. The lowest BCUT2D eigenvalue weighted by molar-refractivity contribution is 0.0598. The molecule has 0 saturated heterocycles. The monoisotopic (exact) mass is 245 g/mol. The molecule has 0 aromatic carbocycles. The van der Waals surface area contributed by atoms with E-state index in [-0.39, 0.29) is 6.10 Å². The number of ether oxygens (including phenoxy) is 2. The first-order chi connectivity index (χ1) is 8.27. The summed E-state index contributed by atoms with van der Waals surface area (Å²) in [5.41, 5.74) is 0. The fourth-order valence-corrected chi connectivity index (χ4v) is 2.40. The minimum absolute atomic E-state index is 0.110. The van der Waals surface area contributed by atoms with E-state index in [4.69, 9.17) is 9.47 Å². The van der Waals surface area contributed by atoms with Gasteiger partial charge in [0.25, 0.3) is 0 Å². The van der Waals surface area contributed by atoms with Crippen LogP contribution < -0.4 is 0 Å². The number of nitrogens with zero attached hydrogens (tertiary/aromatic N) is 1. The van der Waals surface area contributed by atoms with Crippen LogP contribution >= 0.6 is 0 Å². The summed E-state index contributed by atoms with van der Waals surface area (Å²) in [6, 6.07) is 0.505. The molecular weight excluding hydrogens is 218 g/mol. The van der Waals surface area contributed by atoms with E-state index >= 15 is 0 Å². The summed E-state index contributed by atoms with van der Waals surface area (Å²) < 4.78 is 10.8. The molecule has 1 fully saturated rings. The highest BCUT2D eigenvalue weighted by molar-refractivity contribution is 4.82. The van der Waals surface area contributed by atoms with Crippen LogP contribution in [0.2, 0.25) is 0 Å². The number of rotatable bonds is 9. The van der Waals surface area contributed by atoms with Crippen molar-refractivity contribution in [2.24, 2.45) is 0 Å². The van der Waals surface area contributed by atoms with Crippen LogP contribution in [0.3, 0.4) is 0 Å². The first kappa shape index (κ1) is 14.9. The summed E-state index contributed by atoms with van der Waals surface area (Å²) in [6.07, 6.45) is 2.82. The Labute approximate surface area is 105 Å². The lowest BCUT2D eigenvalue weighted by atomic mass is 10.2. The second-order valence-corrected chi connectivity index (χ2v) is 4.55. The topological polar surface area (TPSA) is 41.9 Å². The molecule has 1 aliphatic rings. The van der Waals surface area contributed by atoms with E-state index in [1.807, 2.05) is 13.8 Å². The normalized spacial score (nSPS) is 24.7. The molecule has 0 aromatic rings. The van der Waals surface area contributed by atoms with Crippen LogP contribution in [0.5, 0.6) is 0 Å². The van der Waals surface area contributed by atoms with Gasteiger partial charge < -0.3 is 14.6 Å². The maximum atomic E-state index is 9.60. The zero-order chi connectivity index (χ0) is 12.5. The molecule has 1 aliphatic carbocycles. The molecule has 17 heavy (non-hydrogen) atoms.